The zero-order chi connectivity index (χ0) is 25.9. The maximum absolute atomic E-state index is 13.1. The fourth-order valence-electron chi connectivity index (χ4n) is 3.89. The molecule has 5 N–H and O–H groups in total. The van der Waals surface area contributed by atoms with Gasteiger partial charge in [-0.1, -0.05) is 0 Å². The van der Waals surface area contributed by atoms with Gasteiger partial charge in [-0.25, -0.2) is 4.79 Å². The van der Waals surface area contributed by atoms with Gasteiger partial charge in [0.2, 0.25) is 0 Å². The number of amides is 1. The molecule has 11 heteroatoms. The third kappa shape index (κ3) is 6.13. The van der Waals surface area contributed by atoms with E-state index in [1.807, 2.05) is 6.92 Å². The quantitative estimate of drug-likeness (QED) is 0.350. The molecular formula is C25H31ClN4O6. The Bertz CT molecular complexity index is 1190. The Morgan fingerprint density at radius 1 is 1.17 bits per heavy atom. The highest BCUT2D eigenvalue weighted by Gasteiger charge is 2.30. The second kappa shape index (κ2) is 11.4. The Morgan fingerprint density at radius 2 is 1.86 bits per heavy atom. The van der Waals surface area contributed by atoms with Crippen LogP contribution in [0.2, 0.25) is 0 Å². The van der Waals surface area contributed by atoms with Crippen molar-refractivity contribution in [2.45, 2.75) is 32.9 Å². The number of ether oxygens (including phenoxy) is 2. The first kappa shape index (κ1) is 28.6. The number of nitrogens with two attached hydrogens (primary N) is 1. The Morgan fingerprint density at radius 3 is 2.44 bits per heavy atom. The number of amidine groups is 1. The number of nitrogens with one attached hydrogen (secondary N) is 2. The SMILES string of the molecule is CCOc1cc2c(cc1C(=O)NC)C(=N)N(CC(=O)c1ccc(OCC(=O)O)c(C(C)(C)N)c1)C2.Cl. The van der Waals surface area contributed by atoms with Crippen molar-refractivity contribution in [2.75, 3.05) is 26.8 Å². The van der Waals surface area contributed by atoms with E-state index in [9.17, 15) is 14.4 Å². The van der Waals surface area contributed by atoms with Crippen LogP contribution in [0, 0.1) is 5.41 Å². The number of hydrogen-bond donors (Lipinski definition) is 4. The number of ketones is 1. The van der Waals surface area contributed by atoms with E-state index in [0.29, 0.717) is 46.9 Å². The lowest BCUT2D eigenvalue weighted by atomic mass is 9.92. The fraction of sp³-hybridized carbons (Fsp3) is 0.360. The van der Waals surface area contributed by atoms with Gasteiger partial charge in [0.15, 0.2) is 12.4 Å². The maximum Gasteiger partial charge on any atom is 0.341 e. The molecule has 36 heavy (non-hydrogen) atoms. The topological polar surface area (TPSA) is 155 Å². The molecule has 0 unspecified atom stereocenters. The molecule has 3 rings (SSSR count). The average molecular weight is 519 g/mol. The van der Waals surface area contributed by atoms with Crippen LogP contribution in [0.15, 0.2) is 30.3 Å². The number of benzene rings is 2. The predicted molar refractivity (Wildman–Crippen MR) is 137 cm³/mol. The number of carbonyl (C=O) groups excluding carboxylic acids is 2. The number of rotatable bonds is 10. The molecule has 0 aromatic heterocycles. The number of carboxylic acids is 1. The molecule has 0 fully saturated rings. The van der Waals surface area contributed by atoms with Crippen LogP contribution in [0.3, 0.4) is 0 Å². The zero-order valence-corrected chi connectivity index (χ0v) is 21.5. The highest BCUT2D eigenvalue weighted by Crippen LogP contribution is 2.32. The third-order valence-electron chi connectivity index (χ3n) is 5.59. The summed E-state index contributed by atoms with van der Waals surface area (Å²) in [5.41, 5.74) is 7.92. The summed E-state index contributed by atoms with van der Waals surface area (Å²) in [6.07, 6.45) is 0. The number of halogens is 1. The molecule has 0 atom stereocenters. The number of Topliss-reactive ketones (excluding diaryl/α,β-unsaturated/α-hetero) is 1. The Kier molecular flexibility index (Phi) is 9.06. The van der Waals surface area contributed by atoms with Crippen LogP contribution in [0.4, 0.5) is 0 Å². The van der Waals surface area contributed by atoms with Crippen LogP contribution in [-0.2, 0) is 16.9 Å². The zero-order valence-electron chi connectivity index (χ0n) is 20.6. The molecule has 0 aliphatic carbocycles. The van der Waals surface area contributed by atoms with Gasteiger partial charge < -0.3 is 30.5 Å². The minimum Gasteiger partial charge on any atom is -0.493 e. The number of carbonyl (C=O) groups is 3. The van der Waals surface area contributed by atoms with Crippen molar-refractivity contribution in [2.24, 2.45) is 5.73 Å². The number of hydrogen-bond acceptors (Lipinski definition) is 7. The third-order valence-corrected chi connectivity index (χ3v) is 5.59. The van der Waals surface area contributed by atoms with Gasteiger partial charge in [0, 0.05) is 35.8 Å². The molecular weight excluding hydrogens is 488 g/mol. The van der Waals surface area contributed by atoms with Crippen molar-refractivity contribution in [1.29, 1.82) is 5.41 Å². The first-order valence-electron chi connectivity index (χ1n) is 11.1. The standard InChI is InChI=1S/C25H30N4O6.ClH/c1-5-34-21-9-15-11-29(23(26)16(15)10-17(21)24(33)28-4)12-19(30)14-6-7-20(35-13-22(31)32)18(8-14)25(2,3)27;/h6-10,26H,5,11-13,27H2,1-4H3,(H,28,33)(H,31,32);1H. The molecule has 194 valence electrons. The van der Waals surface area contributed by atoms with E-state index in [2.05, 4.69) is 5.32 Å². The Hall–Kier alpha value is -3.63. The van der Waals surface area contributed by atoms with Crippen LogP contribution < -0.4 is 20.5 Å². The molecule has 1 amide bonds. The Labute approximate surface area is 215 Å². The Balaban J connectivity index is 0.00000456. The van der Waals surface area contributed by atoms with Gasteiger partial charge in [0.25, 0.3) is 5.91 Å². The van der Waals surface area contributed by atoms with Gasteiger partial charge in [-0.15, -0.1) is 12.4 Å². The van der Waals surface area contributed by atoms with Gasteiger partial charge >= 0.3 is 5.97 Å². The summed E-state index contributed by atoms with van der Waals surface area (Å²) in [6, 6.07) is 8.05. The van der Waals surface area contributed by atoms with Crippen LogP contribution >= 0.6 is 12.4 Å². The summed E-state index contributed by atoms with van der Waals surface area (Å²) in [5.74, 6) is -0.816. The van der Waals surface area contributed by atoms with Crippen molar-refractivity contribution >= 4 is 35.9 Å². The maximum atomic E-state index is 13.1. The smallest absolute Gasteiger partial charge is 0.341 e. The molecule has 0 radical (unpaired) electrons. The first-order valence-corrected chi connectivity index (χ1v) is 11.1. The minimum atomic E-state index is -1.12. The van der Waals surface area contributed by atoms with Crippen molar-refractivity contribution in [1.82, 2.24) is 10.2 Å². The second-order valence-corrected chi connectivity index (χ2v) is 8.76. The normalized spacial score (nSPS) is 12.5. The lowest BCUT2D eigenvalue weighted by Gasteiger charge is -2.24. The summed E-state index contributed by atoms with van der Waals surface area (Å²) in [6.45, 7) is 5.40. The molecule has 0 spiro atoms. The predicted octanol–water partition coefficient (Wildman–Crippen LogP) is 2.55. The minimum absolute atomic E-state index is 0. The van der Waals surface area contributed by atoms with Crippen molar-refractivity contribution in [3.05, 3.63) is 58.1 Å². The summed E-state index contributed by atoms with van der Waals surface area (Å²) in [4.78, 5) is 38.0. The van der Waals surface area contributed by atoms with Crippen LogP contribution in [0.1, 0.15) is 58.2 Å². The summed E-state index contributed by atoms with van der Waals surface area (Å²) in [5, 5.41) is 20.1. The van der Waals surface area contributed by atoms with E-state index < -0.39 is 18.1 Å². The van der Waals surface area contributed by atoms with E-state index in [4.69, 9.17) is 25.7 Å². The lowest BCUT2D eigenvalue weighted by Crippen LogP contribution is -2.32. The molecule has 1 aliphatic heterocycles. The van der Waals surface area contributed by atoms with Gasteiger partial charge in [-0.05, 0) is 56.7 Å². The molecule has 10 nitrogen and oxygen atoms in total. The highest BCUT2D eigenvalue weighted by molar-refractivity contribution is 6.07. The highest BCUT2D eigenvalue weighted by atomic mass is 35.5. The van der Waals surface area contributed by atoms with Crippen molar-refractivity contribution in [3.8, 4) is 11.5 Å². The van der Waals surface area contributed by atoms with E-state index in [1.165, 1.54) is 13.1 Å². The van der Waals surface area contributed by atoms with E-state index in [1.54, 1.807) is 43.0 Å². The van der Waals surface area contributed by atoms with Crippen molar-refractivity contribution < 1.29 is 29.0 Å². The van der Waals surface area contributed by atoms with Gasteiger partial charge in [0.1, 0.15) is 17.3 Å². The van der Waals surface area contributed by atoms with Crippen LogP contribution in [0.5, 0.6) is 11.5 Å². The summed E-state index contributed by atoms with van der Waals surface area (Å²) in [7, 11) is 1.52. The van der Waals surface area contributed by atoms with Crippen LogP contribution in [0.25, 0.3) is 0 Å². The fourth-order valence-corrected chi connectivity index (χ4v) is 3.89. The summed E-state index contributed by atoms with van der Waals surface area (Å²) >= 11 is 0. The number of carboxylic acid groups (broad SMARTS) is 1. The lowest BCUT2D eigenvalue weighted by molar-refractivity contribution is -0.139. The average Bonchev–Trinajstić information content (AvgIpc) is 3.10. The second-order valence-electron chi connectivity index (χ2n) is 8.76. The van der Waals surface area contributed by atoms with Crippen molar-refractivity contribution in [3.63, 3.8) is 0 Å². The molecule has 1 aliphatic rings. The summed E-state index contributed by atoms with van der Waals surface area (Å²) < 4.78 is 11.0. The van der Waals surface area contributed by atoms with E-state index in [-0.39, 0.29) is 36.5 Å². The number of nitrogens with zero attached hydrogens (tertiary/aromatic N) is 1. The van der Waals surface area contributed by atoms with Gasteiger partial charge in [-0.3, -0.25) is 15.0 Å². The molecule has 0 saturated heterocycles. The molecule has 0 saturated carbocycles. The van der Waals surface area contributed by atoms with E-state index in [0.717, 1.165) is 5.56 Å². The molecule has 0 bridgehead atoms. The van der Waals surface area contributed by atoms with Crippen LogP contribution in [-0.4, -0.2) is 60.3 Å². The molecule has 1 heterocycles. The molecule has 2 aromatic rings. The van der Waals surface area contributed by atoms with Gasteiger partial charge in [0.05, 0.1) is 18.7 Å². The number of aliphatic carboxylic acids is 1. The first-order chi connectivity index (χ1) is 16.5. The number of fused-ring (bicyclic) bond motifs is 1. The largest absolute Gasteiger partial charge is 0.493 e. The van der Waals surface area contributed by atoms with Gasteiger partial charge in [-0.2, -0.15) is 0 Å². The monoisotopic (exact) mass is 518 g/mol. The van der Waals surface area contributed by atoms with E-state index >= 15 is 0 Å². The molecule has 2 aromatic carbocycles.